The molecule has 15 heavy (non-hydrogen) atoms. The van der Waals surface area contributed by atoms with Crippen LogP contribution >= 0.6 is 0 Å². The Balaban J connectivity index is 2.89. The van der Waals surface area contributed by atoms with Crippen molar-refractivity contribution in [1.29, 1.82) is 0 Å². The Hall–Kier alpha value is -0.850. The van der Waals surface area contributed by atoms with Crippen molar-refractivity contribution in [1.82, 2.24) is 4.98 Å². The highest BCUT2D eigenvalue weighted by atomic mass is 14.7. The van der Waals surface area contributed by atoms with Crippen molar-refractivity contribution in [3.05, 3.63) is 29.6 Å². The van der Waals surface area contributed by atoms with Crippen LogP contribution in [0.3, 0.4) is 0 Å². The van der Waals surface area contributed by atoms with Crippen LogP contribution in [0.4, 0.5) is 0 Å². The molecule has 1 nitrogen and oxygen atoms in total. The highest BCUT2D eigenvalue weighted by Crippen LogP contribution is 2.31. The lowest BCUT2D eigenvalue weighted by molar-refractivity contribution is 0.392. The maximum absolute atomic E-state index is 4.54. The molecule has 1 aromatic rings. The maximum Gasteiger partial charge on any atom is 0.0465 e. The van der Waals surface area contributed by atoms with Crippen molar-refractivity contribution >= 4 is 0 Å². The Kier molecular flexibility index (Phi) is 4.31. The number of hydrogen-bond acceptors (Lipinski definition) is 1. The van der Waals surface area contributed by atoms with Crippen LogP contribution in [0.1, 0.15) is 57.7 Å². The van der Waals surface area contributed by atoms with Gasteiger partial charge in [-0.25, -0.2) is 0 Å². The fourth-order valence-corrected chi connectivity index (χ4v) is 1.92. The van der Waals surface area contributed by atoms with Crippen molar-refractivity contribution < 1.29 is 0 Å². The van der Waals surface area contributed by atoms with Gasteiger partial charge in [0.1, 0.15) is 0 Å². The summed E-state index contributed by atoms with van der Waals surface area (Å²) in [5, 5.41) is 0. The third-order valence-corrected chi connectivity index (χ3v) is 3.40. The first-order valence-electron chi connectivity index (χ1n) is 6.05. The SMILES string of the molecule is CCCCC(C)(CC)c1cc(C)ccn1. The van der Waals surface area contributed by atoms with Gasteiger partial charge in [0.15, 0.2) is 0 Å². The number of aryl methyl sites for hydroxylation is 1. The van der Waals surface area contributed by atoms with E-state index in [1.807, 2.05) is 6.20 Å². The smallest absolute Gasteiger partial charge is 0.0465 e. The van der Waals surface area contributed by atoms with Gasteiger partial charge in [-0.3, -0.25) is 4.98 Å². The van der Waals surface area contributed by atoms with E-state index in [9.17, 15) is 0 Å². The molecule has 0 fully saturated rings. The van der Waals surface area contributed by atoms with Gasteiger partial charge in [0.2, 0.25) is 0 Å². The van der Waals surface area contributed by atoms with Crippen LogP contribution in [-0.2, 0) is 5.41 Å². The molecule has 0 aliphatic rings. The largest absolute Gasteiger partial charge is 0.261 e. The zero-order valence-corrected chi connectivity index (χ0v) is 10.5. The minimum Gasteiger partial charge on any atom is -0.261 e. The summed E-state index contributed by atoms with van der Waals surface area (Å²) in [4.78, 5) is 4.54. The molecule has 0 aromatic carbocycles. The molecule has 0 bridgehead atoms. The summed E-state index contributed by atoms with van der Waals surface area (Å²) in [7, 11) is 0. The molecule has 0 saturated carbocycles. The van der Waals surface area contributed by atoms with Gasteiger partial charge in [0, 0.05) is 17.3 Å². The fraction of sp³-hybridized carbons (Fsp3) is 0.643. The quantitative estimate of drug-likeness (QED) is 0.700. The van der Waals surface area contributed by atoms with Crippen molar-refractivity contribution in [3.8, 4) is 0 Å². The lowest BCUT2D eigenvalue weighted by atomic mass is 9.78. The molecule has 0 radical (unpaired) electrons. The van der Waals surface area contributed by atoms with E-state index >= 15 is 0 Å². The molecule has 1 rings (SSSR count). The molecule has 1 atom stereocenters. The topological polar surface area (TPSA) is 12.9 Å². The summed E-state index contributed by atoms with van der Waals surface area (Å²) in [6.45, 7) is 8.99. The van der Waals surface area contributed by atoms with E-state index in [1.54, 1.807) is 0 Å². The molecule has 0 aliphatic heterocycles. The summed E-state index contributed by atoms with van der Waals surface area (Å²) in [5.41, 5.74) is 2.84. The Morgan fingerprint density at radius 2 is 2.07 bits per heavy atom. The summed E-state index contributed by atoms with van der Waals surface area (Å²) in [6.07, 6.45) is 6.91. The first kappa shape index (κ1) is 12.2. The maximum atomic E-state index is 4.54. The minimum atomic E-state index is 0.266. The molecule has 0 spiro atoms. The monoisotopic (exact) mass is 205 g/mol. The number of nitrogens with zero attached hydrogens (tertiary/aromatic N) is 1. The highest BCUT2D eigenvalue weighted by Gasteiger charge is 2.25. The van der Waals surface area contributed by atoms with Crippen LogP contribution in [0.5, 0.6) is 0 Å². The van der Waals surface area contributed by atoms with Gasteiger partial charge in [0.25, 0.3) is 0 Å². The predicted molar refractivity (Wildman–Crippen MR) is 66.1 cm³/mol. The number of pyridine rings is 1. The van der Waals surface area contributed by atoms with E-state index in [1.165, 1.54) is 36.9 Å². The zero-order chi connectivity index (χ0) is 11.3. The number of aromatic nitrogens is 1. The lowest BCUT2D eigenvalue weighted by Gasteiger charge is -2.27. The van der Waals surface area contributed by atoms with Crippen molar-refractivity contribution in [2.24, 2.45) is 0 Å². The molecule has 1 heterocycles. The average molecular weight is 205 g/mol. The molecular weight excluding hydrogens is 182 g/mol. The number of hydrogen-bond donors (Lipinski definition) is 0. The predicted octanol–water partition coefficient (Wildman–Crippen LogP) is 4.25. The van der Waals surface area contributed by atoms with Gasteiger partial charge < -0.3 is 0 Å². The van der Waals surface area contributed by atoms with E-state index in [-0.39, 0.29) is 5.41 Å². The normalized spacial score (nSPS) is 14.9. The van der Waals surface area contributed by atoms with Gasteiger partial charge in [-0.1, -0.05) is 33.6 Å². The molecular formula is C14H23N. The van der Waals surface area contributed by atoms with Gasteiger partial charge >= 0.3 is 0 Å². The van der Waals surface area contributed by atoms with Gasteiger partial charge in [-0.2, -0.15) is 0 Å². The zero-order valence-electron chi connectivity index (χ0n) is 10.5. The van der Waals surface area contributed by atoms with Crippen LogP contribution in [-0.4, -0.2) is 4.98 Å². The van der Waals surface area contributed by atoms with Crippen LogP contribution < -0.4 is 0 Å². The Morgan fingerprint density at radius 3 is 2.60 bits per heavy atom. The first-order chi connectivity index (χ1) is 7.12. The fourth-order valence-electron chi connectivity index (χ4n) is 1.92. The molecule has 0 N–H and O–H groups in total. The van der Waals surface area contributed by atoms with E-state index in [0.29, 0.717) is 0 Å². The molecule has 0 saturated heterocycles. The Bertz CT molecular complexity index is 306. The average Bonchev–Trinajstić information content (AvgIpc) is 2.26. The van der Waals surface area contributed by atoms with E-state index in [0.717, 1.165) is 0 Å². The van der Waals surface area contributed by atoms with Crippen molar-refractivity contribution in [3.63, 3.8) is 0 Å². The molecule has 0 amide bonds. The van der Waals surface area contributed by atoms with Gasteiger partial charge in [0.05, 0.1) is 0 Å². The Morgan fingerprint density at radius 1 is 1.33 bits per heavy atom. The van der Waals surface area contributed by atoms with Crippen LogP contribution in [0.15, 0.2) is 18.3 Å². The lowest BCUT2D eigenvalue weighted by Crippen LogP contribution is -2.22. The van der Waals surface area contributed by atoms with E-state index < -0.39 is 0 Å². The van der Waals surface area contributed by atoms with E-state index in [2.05, 4.69) is 44.8 Å². The minimum absolute atomic E-state index is 0.266. The highest BCUT2D eigenvalue weighted by molar-refractivity contribution is 5.21. The van der Waals surface area contributed by atoms with E-state index in [4.69, 9.17) is 0 Å². The summed E-state index contributed by atoms with van der Waals surface area (Å²) >= 11 is 0. The summed E-state index contributed by atoms with van der Waals surface area (Å²) in [5.74, 6) is 0. The van der Waals surface area contributed by atoms with Crippen LogP contribution in [0.25, 0.3) is 0 Å². The van der Waals surface area contributed by atoms with Crippen molar-refractivity contribution in [2.45, 2.75) is 58.8 Å². The molecule has 0 aliphatic carbocycles. The molecule has 84 valence electrons. The number of unbranched alkanes of at least 4 members (excludes halogenated alkanes) is 1. The molecule has 1 unspecified atom stereocenters. The van der Waals surface area contributed by atoms with Crippen LogP contribution in [0.2, 0.25) is 0 Å². The molecule has 1 aromatic heterocycles. The Labute approximate surface area is 93.9 Å². The van der Waals surface area contributed by atoms with Crippen molar-refractivity contribution in [2.75, 3.05) is 0 Å². The summed E-state index contributed by atoms with van der Waals surface area (Å²) in [6, 6.07) is 4.30. The first-order valence-corrected chi connectivity index (χ1v) is 6.05. The summed E-state index contributed by atoms with van der Waals surface area (Å²) < 4.78 is 0. The number of rotatable bonds is 5. The van der Waals surface area contributed by atoms with Crippen LogP contribution in [0, 0.1) is 6.92 Å². The third-order valence-electron chi connectivity index (χ3n) is 3.40. The second kappa shape index (κ2) is 5.29. The molecule has 1 heteroatoms. The third kappa shape index (κ3) is 3.05. The standard InChI is InChI=1S/C14H23N/c1-5-7-9-14(4,6-2)13-11-12(3)8-10-15-13/h8,10-11H,5-7,9H2,1-4H3. The second-order valence-corrected chi connectivity index (χ2v) is 4.74. The van der Waals surface area contributed by atoms with Gasteiger partial charge in [-0.05, 0) is 37.5 Å². The second-order valence-electron chi connectivity index (χ2n) is 4.74. The van der Waals surface area contributed by atoms with Gasteiger partial charge in [-0.15, -0.1) is 0 Å².